The van der Waals surface area contributed by atoms with E-state index in [1.54, 1.807) is 6.92 Å². The van der Waals surface area contributed by atoms with E-state index in [0.717, 1.165) is 19.3 Å². The lowest BCUT2D eigenvalue weighted by Crippen LogP contribution is -2.29. The van der Waals surface area contributed by atoms with Crippen LogP contribution in [0.25, 0.3) is 0 Å². The van der Waals surface area contributed by atoms with Crippen LogP contribution >= 0.6 is 0 Å². The molecule has 0 radical (unpaired) electrons. The quantitative estimate of drug-likeness (QED) is 0.580. The van der Waals surface area contributed by atoms with Crippen LogP contribution < -0.4 is 0 Å². The number of hydrogen-bond acceptors (Lipinski definition) is 3. The third kappa shape index (κ3) is 6.86. The van der Waals surface area contributed by atoms with Gasteiger partial charge >= 0.3 is 5.97 Å². The lowest BCUT2D eigenvalue weighted by atomic mass is 10.3. The Balaban J connectivity index is 3.46. The molecule has 0 aliphatic heterocycles. The molecule has 1 atom stereocenters. The molecule has 0 aliphatic rings. The van der Waals surface area contributed by atoms with Crippen molar-refractivity contribution >= 4 is 5.97 Å². The average Bonchev–Trinajstić information content (AvgIpc) is 2.15. The fourth-order valence-corrected chi connectivity index (χ4v) is 1.04. The summed E-state index contributed by atoms with van der Waals surface area (Å²) in [6.45, 7) is 5.04. The summed E-state index contributed by atoms with van der Waals surface area (Å²) in [6.07, 6.45) is 2.42. The number of hydrogen-bond donors (Lipinski definition) is 1. The molecule has 14 heavy (non-hydrogen) atoms. The topological polar surface area (TPSA) is 55.8 Å². The second-order valence-electron chi connectivity index (χ2n) is 3.06. The van der Waals surface area contributed by atoms with Gasteiger partial charge in [-0.2, -0.15) is 0 Å². The Morgan fingerprint density at radius 1 is 1.36 bits per heavy atom. The average molecular weight is 204 g/mol. The predicted octanol–water partition coefficient (Wildman–Crippen LogP) is 1.68. The molecule has 0 saturated heterocycles. The first kappa shape index (κ1) is 13.4. The molecule has 0 aromatic heterocycles. The highest BCUT2D eigenvalue weighted by molar-refractivity contribution is 5.72. The molecule has 0 aromatic rings. The summed E-state index contributed by atoms with van der Waals surface area (Å²) < 4.78 is 10.2. The summed E-state index contributed by atoms with van der Waals surface area (Å²) in [7, 11) is 0. The van der Waals surface area contributed by atoms with E-state index in [1.165, 1.54) is 0 Å². The van der Waals surface area contributed by atoms with E-state index in [9.17, 15) is 4.79 Å². The molecule has 4 nitrogen and oxygen atoms in total. The van der Waals surface area contributed by atoms with Crippen molar-refractivity contribution in [1.29, 1.82) is 0 Å². The molecule has 0 amide bonds. The summed E-state index contributed by atoms with van der Waals surface area (Å²) in [4.78, 5) is 10.6. The van der Waals surface area contributed by atoms with Gasteiger partial charge in [0.05, 0.1) is 6.61 Å². The summed E-state index contributed by atoms with van der Waals surface area (Å²) in [5, 5.41) is 8.70. The van der Waals surface area contributed by atoms with Crippen LogP contribution in [0.15, 0.2) is 0 Å². The molecule has 0 saturated carbocycles. The van der Waals surface area contributed by atoms with Crippen LogP contribution in [-0.4, -0.2) is 37.0 Å². The molecular weight excluding hydrogens is 184 g/mol. The van der Waals surface area contributed by atoms with Gasteiger partial charge in [-0.15, -0.1) is 0 Å². The van der Waals surface area contributed by atoms with Gasteiger partial charge in [0, 0.05) is 13.2 Å². The first-order chi connectivity index (χ1) is 6.72. The Hall–Kier alpha value is -0.610. The van der Waals surface area contributed by atoms with Gasteiger partial charge in [-0.05, 0) is 13.3 Å². The van der Waals surface area contributed by atoms with Crippen molar-refractivity contribution in [2.45, 2.75) is 39.2 Å². The van der Waals surface area contributed by atoms with Gasteiger partial charge in [-0.25, -0.2) is 4.79 Å². The number of ether oxygens (including phenoxy) is 2. The van der Waals surface area contributed by atoms with E-state index in [0.29, 0.717) is 13.2 Å². The maximum atomic E-state index is 10.6. The number of unbranched alkanes of at least 4 members (excludes halogenated alkanes) is 2. The molecule has 0 rings (SSSR count). The largest absolute Gasteiger partial charge is 0.479 e. The summed E-state index contributed by atoms with van der Waals surface area (Å²) in [5.74, 6) is -0.956. The number of rotatable bonds is 9. The van der Waals surface area contributed by atoms with E-state index in [-0.39, 0.29) is 6.61 Å². The lowest BCUT2D eigenvalue weighted by Gasteiger charge is -2.12. The minimum absolute atomic E-state index is 0.146. The van der Waals surface area contributed by atoms with E-state index in [1.807, 2.05) is 0 Å². The monoisotopic (exact) mass is 204 g/mol. The van der Waals surface area contributed by atoms with Gasteiger partial charge in [0.2, 0.25) is 0 Å². The van der Waals surface area contributed by atoms with Gasteiger partial charge < -0.3 is 14.6 Å². The highest BCUT2D eigenvalue weighted by Crippen LogP contribution is 1.98. The standard InChI is InChI=1S/C10H20O4/c1-3-5-6-7-13-8-9(10(11)12)14-4-2/h9H,3-8H2,1-2H3,(H,11,12). The Bertz CT molecular complexity index is 147. The first-order valence-corrected chi connectivity index (χ1v) is 5.14. The van der Waals surface area contributed by atoms with Crippen molar-refractivity contribution in [3.63, 3.8) is 0 Å². The minimum atomic E-state index is -0.956. The van der Waals surface area contributed by atoms with Gasteiger partial charge in [0.1, 0.15) is 0 Å². The van der Waals surface area contributed by atoms with Crippen molar-refractivity contribution < 1.29 is 19.4 Å². The van der Waals surface area contributed by atoms with Crippen LogP contribution in [0, 0.1) is 0 Å². The number of carboxylic acids is 1. The zero-order valence-corrected chi connectivity index (χ0v) is 8.99. The first-order valence-electron chi connectivity index (χ1n) is 5.14. The molecular formula is C10H20O4. The van der Waals surface area contributed by atoms with Crippen molar-refractivity contribution in [2.24, 2.45) is 0 Å². The third-order valence-corrected chi connectivity index (χ3v) is 1.80. The van der Waals surface area contributed by atoms with Gasteiger partial charge in [0.25, 0.3) is 0 Å². The maximum absolute atomic E-state index is 10.6. The molecule has 0 heterocycles. The molecule has 0 aromatic carbocycles. The Labute approximate surface area is 85.2 Å². The van der Waals surface area contributed by atoms with Crippen molar-refractivity contribution in [3.05, 3.63) is 0 Å². The van der Waals surface area contributed by atoms with E-state index in [4.69, 9.17) is 14.6 Å². The van der Waals surface area contributed by atoms with Crippen LogP contribution in [-0.2, 0) is 14.3 Å². The Morgan fingerprint density at radius 3 is 2.57 bits per heavy atom. The summed E-state index contributed by atoms with van der Waals surface area (Å²) in [5.41, 5.74) is 0. The highest BCUT2D eigenvalue weighted by atomic mass is 16.5. The van der Waals surface area contributed by atoms with Crippen molar-refractivity contribution in [1.82, 2.24) is 0 Å². The van der Waals surface area contributed by atoms with Crippen LogP contribution in [0.1, 0.15) is 33.1 Å². The van der Waals surface area contributed by atoms with Crippen molar-refractivity contribution in [3.8, 4) is 0 Å². The van der Waals surface area contributed by atoms with Crippen LogP contribution in [0.5, 0.6) is 0 Å². The predicted molar refractivity (Wildman–Crippen MR) is 53.4 cm³/mol. The number of aliphatic carboxylic acids is 1. The second kappa shape index (κ2) is 8.97. The van der Waals surface area contributed by atoms with Crippen LogP contribution in [0.2, 0.25) is 0 Å². The van der Waals surface area contributed by atoms with Gasteiger partial charge in [-0.1, -0.05) is 19.8 Å². The number of carboxylic acid groups (broad SMARTS) is 1. The van der Waals surface area contributed by atoms with E-state index >= 15 is 0 Å². The zero-order valence-electron chi connectivity index (χ0n) is 8.99. The molecule has 0 bridgehead atoms. The maximum Gasteiger partial charge on any atom is 0.335 e. The minimum Gasteiger partial charge on any atom is -0.479 e. The number of carbonyl (C=O) groups is 1. The summed E-state index contributed by atoms with van der Waals surface area (Å²) >= 11 is 0. The molecule has 0 spiro atoms. The SMILES string of the molecule is CCCCCOCC(OCC)C(=O)O. The summed E-state index contributed by atoms with van der Waals surface area (Å²) in [6, 6.07) is 0. The van der Waals surface area contributed by atoms with Gasteiger partial charge in [0.15, 0.2) is 6.10 Å². The molecule has 1 N–H and O–H groups in total. The van der Waals surface area contributed by atoms with Crippen molar-refractivity contribution in [2.75, 3.05) is 19.8 Å². The lowest BCUT2D eigenvalue weighted by molar-refractivity contribution is -0.154. The van der Waals surface area contributed by atoms with Gasteiger partial charge in [-0.3, -0.25) is 0 Å². The molecule has 1 unspecified atom stereocenters. The third-order valence-electron chi connectivity index (χ3n) is 1.80. The fraction of sp³-hybridized carbons (Fsp3) is 0.900. The molecule has 84 valence electrons. The molecule has 4 heteroatoms. The molecule has 0 aliphatic carbocycles. The Kier molecular flexibility index (Phi) is 8.57. The fourth-order valence-electron chi connectivity index (χ4n) is 1.04. The van der Waals surface area contributed by atoms with Crippen LogP contribution in [0.4, 0.5) is 0 Å². The second-order valence-corrected chi connectivity index (χ2v) is 3.06. The normalized spacial score (nSPS) is 12.7. The Morgan fingerprint density at radius 2 is 2.07 bits per heavy atom. The van der Waals surface area contributed by atoms with E-state index in [2.05, 4.69) is 6.92 Å². The zero-order chi connectivity index (χ0) is 10.8. The van der Waals surface area contributed by atoms with Crippen LogP contribution in [0.3, 0.4) is 0 Å². The highest BCUT2D eigenvalue weighted by Gasteiger charge is 2.16. The smallest absolute Gasteiger partial charge is 0.335 e. The van der Waals surface area contributed by atoms with E-state index < -0.39 is 12.1 Å². The molecule has 0 fully saturated rings.